The Bertz CT molecular complexity index is 1040. The number of rotatable bonds is 5. The van der Waals surface area contributed by atoms with Crippen LogP contribution in [0.15, 0.2) is 54.7 Å². The number of benzene rings is 1. The third kappa shape index (κ3) is 3.45. The molecule has 2 atom stereocenters. The lowest BCUT2D eigenvalue weighted by Gasteiger charge is -2.28. The number of hydrogen-bond donors (Lipinski definition) is 1. The van der Waals surface area contributed by atoms with Gasteiger partial charge in [0.05, 0.1) is 24.9 Å². The van der Waals surface area contributed by atoms with Gasteiger partial charge >= 0.3 is 0 Å². The second-order valence-electron chi connectivity index (χ2n) is 7.98. The zero-order chi connectivity index (χ0) is 21.4. The quantitative estimate of drug-likeness (QED) is 0.570. The van der Waals surface area contributed by atoms with Crippen molar-refractivity contribution in [2.75, 3.05) is 12.0 Å². The fraction of sp³-hybridized carbons (Fsp3) is 0.333. The molecule has 0 radical (unpaired) electrons. The van der Waals surface area contributed by atoms with Crippen LogP contribution in [0, 0.1) is 13.8 Å². The van der Waals surface area contributed by atoms with Gasteiger partial charge in [0.1, 0.15) is 5.75 Å². The van der Waals surface area contributed by atoms with Crippen LogP contribution in [0.1, 0.15) is 54.6 Å². The molecule has 1 N–H and O–H groups in total. The van der Waals surface area contributed by atoms with Gasteiger partial charge in [-0.1, -0.05) is 6.07 Å². The maximum Gasteiger partial charge on any atom is 0.174 e. The lowest BCUT2D eigenvalue weighted by molar-refractivity contribution is 0.415. The normalized spacial score (nSPS) is 18.7. The van der Waals surface area contributed by atoms with Crippen molar-refractivity contribution in [3.63, 3.8) is 0 Å². The number of pyridine rings is 1. The summed E-state index contributed by atoms with van der Waals surface area (Å²) in [6.45, 7) is 8.81. The van der Waals surface area contributed by atoms with Crippen LogP contribution in [0.5, 0.6) is 5.75 Å². The average Bonchev–Trinajstić information content (AvgIpc) is 3.24. The van der Waals surface area contributed by atoms with Crippen LogP contribution in [0.4, 0.5) is 5.69 Å². The number of aromatic nitrogens is 2. The Morgan fingerprint density at radius 2 is 1.83 bits per heavy atom. The zero-order valence-corrected chi connectivity index (χ0v) is 18.9. The van der Waals surface area contributed by atoms with E-state index in [1.165, 1.54) is 17.0 Å². The predicted molar refractivity (Wildman–Crippen MR) is 125 cm³/mol. The topological polar surface area (TPSA) is 42.3 Å². The molecule has 1 saturated heterocycles. The van der Waals surface area contributed by atoms with Gasteiger partial charge in [-0.05, 0) is 87.9 Å². The summed E-state index contributed by atoms with van der Waals surface area (Å²) < 4.78 is 7.73. The molecule has 2 aromatic heterocycles. The van der Waals surface area contributed by atoms with Gasteiger partial charge in [-0.25, -0.2) is 0 Å². The number of hydrogen-bond acceptors (Lipinski definition) is 3. The maximum absolute atomic E-state index is 5.82. The van der Waals surface area contributed by atoms with E-state index in [0.29, 0.717) is 11.2 Å². The van der Waals surface area contributed by atoms with Crippen molar-refractivity contribution in [3.8, 4) is 5.75 Å². The largest absolute Gasteiger partial charge is 0.497 e. The summed E-state index contributed by atoms with van der Waals surface area (Å²) in [5, 5.41) is 4.24. The minimum atomic E-state index is -0.0399. The van der Waals surface area contributed by atoms with Crippen LogP contribution >= 0.6 is 12.2 Å². The van der Waals surface area contributed by atoms with Crippen molar-refractivity contribution in [1.29, 1.82) is 0 Å². The van der Waals surface area contributed by atoms with Gasteiger partial charge in [0, 0.05) is 29.3 Å². The molecule has 0 bridgehead atoms. The Hall–Kier alpha value is -2.86. The molecule has 4 rings (SSSR count). The van der Waals surface area contributed by atoms with Crippen molar-refractivity contribution in [2.24, 2.45) is 0 Å². The fourth-order valence-corrected chi connectivity index (χ4v) is 4.93. The van der Waals surface area contributed by atoms with Crippen LogP contribution in [0.3, 0.4) is 0 Å². The molecule has 6 heteroatoms. The molecule has 1 aliphatic rings. The summed E-state index contributed by atoms with van der Waals surface area (Å²) in [4.78, 5) is 6.85. The van der Waals surface area contributed by atoms with E-state index >= 15 is 0 Å². The highest BCUT2D eigenvalue weighted by molar-refractivity contribution is 7.80. The molecule has 0 unspecified atom stereocenters. The first-order chi connectivity index (χ1) is 14.4. The van der Waals surface area contributed by atoms with Crippen molar-refractivity contribution in [3.05, 3.63) is 77.4 Å². The SMILES string of the molecule is COc1ccc(N2C(=S)N[C@H](c3ccccn3)[C@@H]2c2cc(C)n(C(C)C)c2C)cc1. The van der Waals surface area contributed by atoms with Crippen LogP contribution in [-0.2, 0) is 0 Å². The van der Waals surface area contributed by atoms with Gasteiger partial charge < -0.3 is 19.5 Å². The molecular weight excluding hydrogens is 392 g/mol. The maximum atomic E-state index is 5.82. The molecule has 1 aromatic carbocycles. The summed E-state index contributed by atoms with van der Waals surface area (Å²) in [5.74, 6) is 0.827. The molecule has 3 aromatic rings. The molecule has 1 fully saturated rings. The van der Waals surface area contributed by atoms with Gasteiger partial charge in [-0.3, -0.25) is 4.98 Å². The average molecular weight is 421 g/mol. The molecule has 0 amide bonds. The van der Waals surface area contributed by atoms with Crippen molar-refractivity contribution >= 4 is 23.0 Å². The number of ether oxygens (including phenoxy) is 1. The zero-order valence-electron chi connectivity index (χ0n) is 18.1. The summed E-state index contributed by atoms with van der Waals surface area (Å²) >= 11 is 5.82. The summed E-state index contributed by atoms with van der Waals surface area (Å²) in [7, 11) is 1.68. The number of methoxy groups -OCH3 is 1. The van der Waals surface area contributed by atoms with Crippen LogP contribution < -0.4 is 15.0 Å². The Kier molecular flexibility index (Phi) is 5.52. The molecule has 0 aliphatic carbocycles. The van der Waals surface area contributed by atoms with E-state index in [4.69, 9.17) is 17.0 Å². The van der Waals surface area contributed by atoms with E-state index < -0.39 is 0 Å². The highest BCUT2D eigenvalue weighted by Gasteiger charge is 2.42. The monoisotopic (exact) mass is 420 g/mol. The number of anilines is 1. The van der Waals surface area contributed by atoms with Crippen LogP contribution in [0.25, 0.3) is 0 Å². The van der Waals surface area contributed by atoms with Gasteiger partial charge in [0.15, 0.2) is 5.11 Å². The molecular formula is C24H28N4OS. The number of nitrogens with one attached hydrogen (secondary N) is 1. The molecule has 3 heterocycles. The minimum Gasteiger partial charge on any atom is -0.497 e. The lowest BCUT2D eigenvalue weighted by Crippen LogP contribution is -2.29. The molecule has 156 valence electrons. The van der Waals surface area contributed by atoms with Crippen molar-refractivity contribution < 1.29 is 4.74 Å². The van der Waals surface area contributed by atoms with Crippen molar-refractivity contribution in [2.45, 2.75) is 45.8 Å². The highest BCUT2D eigenvalue weighted by Crippen LogP contribution is 2.43. The fourth-order valence-electron chi connectivity index (χ4n) is 4.59. The Balaban J connectivity index is 1.87. The molecule has 0 saturated carbocycles. The summed E-state index contributed by atoms with van der Waals surface area (Å²) in [6, 6.07) is 16.7. The van der Waals surface area contributed by atoms with E-state index in [1.54, 1.807) is 7.11 Å². The van der Waals surface area contributed by atoms with Gasteiger partial charge in [0.25, 0.3) is 0 Å². The van der Waals surface area contributed by atoms with Crippen LogP contribution in [-0.4, -0.2) is 21.8 Å². The first-order valence-corrected chi connectivity index (χ1v) is 10.7. The van der Waals surface area contributed by atoms with Gasteiger partial charge in [0.2, 0.25) is 0 Å². The minimum absolute atomic E-state index is 0.000468. The summed E-state index contributed by atoms with van der Waals surface area (Å²) in [5.41, 5.74) is 5.80. The number of thiocarbonyl (C=S) groups is 1. The van der Waals surface area contributed by atoms with E-state index in [2.05, 4.69) is 71.7 Å². The number of aryl methyl sites for hydroxylation is 1. The Morgan fingerprint density at radius 3 is 2.40 bits per heavy atom. The smallest absolute Gasteiger partial charge is 0.174 e. The first kappa shape index (κ1) is 20.4. The van der Waals surface area contributed by atoms with Crippen molar-refractivity contribution in [1.82, 2.24) is 14.9 Å². The predicted octanol–water partition coefficient (Wildman–Crippen LogP) is 5.27. The van der Waals surface area contributed by atoms with E-state index in [1.807, 2.05) is 30.5 Å². The third-order valence-electron chi connectivity index (χ3n) is 5.81. The Morgan fingerprint density at radius 1 is 1.10 bits per heavy atom. The van der Waals surface area contributed by atoms with E-state index in [-0.39, 0.29) is 12.1 Å². The summed E-state index contributed by atoms with van der Waals surface area (Å²) in [6.07, 6.45) is 1.84. The van der Waals surface area contributed by atoms with Gasteiger partial charge in [-0.15, -0.1) is 0 Å². The molecule has 30 heavy (non-hydrogen) atoms. The van der Waals surface area contributed by atoms with Crippen LogP contribution in [0.2, 0.25) is 0 Å². The second kappa shape index (κ2) is 8.11. The van der Waals surface area contributed by atoms with E-state index in [0.717, 1.165) is 17.1 Å². The van der Waals surface area contributed by atoms with Gasteiger partial charge in [-0.2, -0.15) is 0 Å². The molecule has 1 aliphatic heterocycles. The molecule has 0 spiro atoms. The highest BCUT2D eigenvalue weighted by atomic mass is 32.1. The third-order valence-corrected chi connectivity index (χ3v) is 6.12. The lowest BCUT2D eigenvalue weighted by atomic mass is 9.96. The van der Waals surface area contributed by atoms with E-state index in [9.17, 15) is 0 Å². The number of nitrogens with zero attached hydrogens (tertiary/aromatic N) is 3. The first-order valence-electron chi connectivity index (χ1n) is 10.3. The second-order valence-corrected chi connectivity index (χ2v) is 8.37. The standard InChI is InChI=1S/C24H28N4OS/c1-15(2)27-16(3)14-20(17(27)4)23-22(21-8-6-7-13-25-21)26-24(30)28(23)18-9-11-19(29-5)12-10-18/h6-15,22-23H,1-5H3,(H,26,30)/t22-,23+/m1/s1. The molecule has 5 nitrogen and oxygen atoms in total. The Labute approximate surface area is 183 Å².